The van der Waals surface area contributed by atoms with Crippen LogP contribution in [0.4, 0.5) is 8.78 Å². The average Bonchev–Trinajstić information content (AvgIpc) is 3.12. The molecule has 3 amide bonds. The number of hydrogen-bond donors (Lipinski definition) is 1. The fourth-order valence-corrected chi connectivity index (χ4v) is 4.04. The second kappa shape index (κ2) is 6.58. The largest absolute Gasteiger partial charge is 0.493 e. The van der Waals surface area contributed by atoms with Crippen LogP contribution in [0, 0.1) is 5.92 Å². The molecule has 2 heterocycles. The van der Waals surface area contributed by atoms with Gasteiger partial charge in [0.1, 0.15) is 11.8 Å². The van der Waals surface area contributed by atoms with E-state index in [1.807, 2.05) is 0 Å². The van der Waals surface area contributed by atoms with Crippen LogP contribution < -0.4 is 10.1 Å². The van der Waals surface area contributed by atoms with Gasteiger partial charge in [-0.2, -0.15) is 0 Å². The average molecular weight is 378 g/mol. The van der Waals surface area contributed by atoms with Gasteiger partial charge >= 0.3 is 0 Å². The van der Waals surface area contributed by atoms with Gasteiger partial charge < -0.3 is 9.64 Å². The van der Waals surface area contributed by atoms with Gasteiger partial charge in [0, 0.05) is 31.4 Å². The number of imide groups is 1. The zero-order valence-electron chi connectivity index (χ0n) is 14.7. The fraction of sp³-hybridized carbons (Fsp3) is 0.526. The van der Waals surface area contributed by atoms with E-state index < -0.39 is 17.9 Å². The molecule has 4 rings (SSSR count). The predicted octanol–water partition coefficient (Wildman–Crippen LogP) is 2.26. The van der Waals surface area contributed by atoms with Crippen LogP contribution in [-0.2, 0) is 16.1 Å². The van der Waals surface area contributed by atoms with E-state index in [0.717, 1.165) is 5.56 Å². The Kier molecular flexibility index (Phi) is 4.36. The lowest BCUT2D eigenvalue weighted by molar-refractivity contribution is -0.136. The third-order valence-corrected chi connectivity index (χ3v) is 5.49. The molecule has 0 bridgehead atoms. The van der Waals surface area contributed by atoms with Crippen molar-refractivity contribution in [3.8, 4) is 5.75 Å². The lowest BCUT2D eigenvalue weighted by atomic mass is 10.0. The van der Waals surface area contributed by atoms with E-state index in [2.05, 4.69) is 5.32 Å². The van der Waals surface area contributed by atoms with E-state index in [4.69, 9.17) is 4.74 Å². The Morgan fingerprint density at radius 3 is 2.74 bits per heavy atom. The standard InChI is InChI=1S/C19H20F2N2O4/c20-19(21)6-5-11(8-19)10-27-13-1-2-14-12(7-13)9-23(18(14)26)15-3-4-16(24)22-17(15)25/h1-2,7,11,15H,3-6,8-10H2,(H,22,24,25)/t11-,15?/m0/s1. The molecule has 1 saturated heterocycles. The Morgan fingerprint density at radius 2 is 2.04 bits per heavy atom. The van der Waals surface area contributed by atoms with Gasteiger partial charge in [-0.15, -0.1) is 0 Å². The maximum Gasteiger partial charge on any atom is 0.255 e. The van der Waals surface area contributed by atoms with Crippen LogP contribution in [-0.4, -0.2) is 41.2 Å². The van der Waals surface area contributed by atoms with E-state index in [0.29, 0.717) is 24.2 Å². The van der Waals surface area contributed by atoms with Crippen molar-refractivity contribution < 1.29 is 27.9 Å². The lowest BCUT2D eigenvalue weighted by Crippen LogP contribution is -2.52. The summed E-state index contributed by atoms with van der Waals surface area (Å²) in [5.41, 5.74) is 1.23. The van der Waals surface area contributed by atoms with Gasteiger partial charge in [-0.1, -0.05) is 0 Å². The van der Waals surface area contributed by atoms with Crippen LogP contribution in [0.3, 0.4) is 0 Å². The number of fused-ring (bicyclic) bond motifs is 1. The number of piperidine rings is 1. The molecule has 0 aromatic heterocycles. The molecule has 27 heavy (non-hydrogen) atoms. The van der Waals surface area contributed by atoms with Gasteiger partial charge in [0.15, 0.2) is 0 Å². The quantitative estimate of drug-likeness (QED) is 0.816. The lowest BCUT2D eigenvalue weighted by Gasteiger charge is -2.29. The summed E-state index contributed by atoms with van der Waals surface area (Å²) in [6.07, 6.45) is 0.709. The summed E-state index contributed by atoms with van der Waals surface area (Å²) in [6.45, 7) is 0.484. The molecule has 2 aliphatic heterocycles. The third-order valence-electron chi connectivity index (χ3n) is 5.49. The van der Waals surface area contributed by atoms with Crippen LogP contribution in [0.5, 0.6) is 5.75 Å². The molecule has 2 atom stereocenters. The van der Waals surface area contributed by atoms with Crippen molar-refractivity contribution >= 4 is 17.7 Å². The molecule has 144 valence electrons. The van der Waals surface area contributed by atoms with E-state index in [1.165, 1.54) is 4.90 Å². The molecule has 0 radical (unpaired) electrons. The summed E-state index contributed by atoms with van der Waals surface area (Å²) in [7, 11) is 0. The van der Waals surface area contributed by atoms with Crippen molar-refractivity contribution in [3.63, 3.8) is 0 Å². The molecule has 1 N–H and O–H groups in total. The summed E-state index contributed by atoms with van der Waals surface area (Å²) < 4.78 is 32.2. The Labute approximate surface area is 154 Å². The highest BCUT2D eigenvalue weighted by atomic mass is 19.3. The second-order valence-electron chi connectivity index (χ2n) is 7.49. The molecular formula is C19H20F2N2O4. The highest BCUT2D eigenvalue weighted by molar-refractivity contribution is 6.05. The minimum atomic E-state index is -2.60. The molecule has 3 aliphatic rings. The number of halogens is 2. The number of nitrogens with zero attached hydrogens (tertiary/aromatic N) is 1. The molecule has 1 saturated carbocycles. The van der Waals surface area contributed by atoms with Crippen LogP contribution in [0.25, 0.3) is 0 Å². The summed E-state index contributed by atoms with van der Waals surface area (Å²) >= 11 is 0. The van der Waals surface area contributed by atoms with Gasteiger partial charge in [0.25, 0.3) is 5.91 Å². The van der Waals surface area contributed by atoms with E-state index in [9.17, 15) is 23.2 Å². The van der Waals surface area contributed by atoms with E-state index >= 15 is 0 Å². The van der Waals surface area contributed by atoms with Gasteiger partial charge in [-0.3, -0.25) is 19.7 Å². The molecule has 1 aromatic rings. The monoisotopic (exact) mass is 378 g/mol. The van der Waals surface area contributed by atoms with Crippen molar-refractivity contribution in [2.75, 3.05) is 6.61 Å². The SMILES string of the molecule is O=C1CCC(N2Cc3cc(OC[C@H]4CCC(F)(F)C4)ccc3C2=O)C(=O)N1. The molecule has 6 nitrogen and oxygen atoms in total. The maximum atomic E-state index is 13.3. The zero-order chi connectivity index (χ0) is 19.2. The number of hydrogen-bond acceptors (Lipinski definition) is 4. The number of alkyl halides is 2. The first-order valence-electron chi connectivity index (χ1n) is 9.11. The van der Waals surface area contributed by atoms with Crippen LogP contribution in [0.15, 0.2) is 18.2 Å². The number of rotatable bonds is 4. The number of nitrogens with one attached hydrogen (secondary N) is 1. The van der Waals surface area contributed by atoms with Crippen molar-refractivity contribution in [2.45, 2.75) is 50.6 Å². The Bertz CT molecular complexity index is 811. The Morgan fingerprint density at radius 1 is 1.22 bits per heavy atom. The van der Waals surface area contributed by atoms with Crippen LogP contribution in [0.2, 0.25) is 0 Å². The number of carbonyl (C=O) groups excluding carboxylic acids is 3. The van der Waals surface area contributed by atoms with Crippen molar-refractivity contribution in [1.29, 1.82) is 0 Å². The summed E-state index contributed by atoms with van der Waals surface area (Å²) in [5.74, 6) is -3.27. The van der Waals surface area contributed by atoms with Crippen LogP contribution in [0.1, 0.15) is 48.0 Å². The number of amides is 3. The Balaban J connectivity index is 1.42. The normalized spacial score (nSPS) is 26.9. The highest BCUT2D eigenvalue weighted by Gasteiger charge is 2.40. The molecule has 1 unspecified atom stereocenters. The minimum absolute atomic E-state index is 0.0966. The summed E-state index contributed by atoms with van der Waals surface area (Å²) in [6, 6.07) is 4.36. The maximum absolute atomic E-state index is 13.3. The molecule has 1 aromatic carbocycles. The summed E-state index contributed by atoms with van der Waals surface area (Å²) in [4.78, 5) is 37.4. The first-order valence-corrected chi connectivity index (χ1v) is 9.11. The van der Waals surface area contributed by atoms with Gasteiger partial charge in [0.05, 0.1) is 6.61 Å². The smallest absolute Gasteiger partial charge is 0.255 e. The van der Waals surface area contributed by atoms with Crippen molar-refractivity contribution in [1.82, 2.24) is 10.2 Å². The number of ether oxygens (including phenoxy) is 1. The highest BCUT2D eigenvalue weighted by Crippen LogP contribution is 2.39. The molecular weight excluding hydrogens is 358 g/mol. The fourth-order valence-electron chi connectivity index (χ4n) is 4.04. The van der Waals surface area contributed by atoms with E-state index in [1.54, 1.807) is 18.2 Å². The number of carbonyl (C=O) groups is 3. The molecule has 8 heteroatoms. The predicted molar refractivity (Wildman–Crippen MR) is 90.3 cm³/mol. The zero-order valence-corrected chi connectivity index (χ0v) is 14.7. The van der Waals surface area contributed by atoms with E-state index in [-0.39, 0.29) is 50.1 Å². The molecule has 0 spiro atoms. The Hall–Kier alpha value is -2.51. The summed E-state index contributed by atoms with van der Waals surface area (Å²) in [5, 5.41) is 2.27. The molecule has 2 fully saturated rings. The first-order chi connectivity index (χ1) is 12.8. The van der Waals surface area contributed by atoms with Crippen molar-refractivity contribution in [2.24, 2.45) is 5.92 Å². The number of benzene rings is 1. The minimum Gasteiger partial charge on any atom is -0.493 e. The molecule has 1 aliphatic carbocycles. The van der Waals surface area contributed by atoms with Gasteiger partial charge in [0.2, 0.25) is 17.7 Å². The van der Waals surface area contributed by atoms with Crippen molar-refractivity contribution in [3.05, 3.63) is 29.3 Å². The van der Waals surface area contributed by atoms with Gasteiger partial charge in [-0.05, 0) is 42.5 Å². The third kappa shape index (κ3) is 3.52. The second-order valence-corrected chi connectivity index (χ2v) is 7.49. The topological polar surface area (TPSA) is 75.7 Å². The van der Waals surface area contributed by atoms with Gasteiger partial charge in [-0.25, -0.2) is 8.78 Å². The first kappa shape index (κ1) is 17.9. The van der Waals surface area contributed by atoms with Crippen LogP contribution >= 0.6 is 0 Å².